The molecule has 110 valence electrons. The molecule has 0 bridgehead atoms. The molecular formula is C10H14N4O5S. The predicted molar refractivity (Wildman–Crippen MR) is 71.1 cm³/mol. The SMILES string of the molecule is CS(=O)(=O)NCCNC(=O)Nc1cccnc1C(=O)O. The monoisotopic (exact) mass is 302 g/mol. The van der Waals surface area contributed by atoms with Crippen LogP contribution in [0.5, 0.6) is 0 Å². The molecule has 0 aliphatic rings. The minimum atomic E-state index is -3.31. The van der Waals surface area contributed by atoms with Crippen LogP contribution in [0.2, 0.25) is 0 Å². The van der Waals surface area contributed by atoms with Crippen molar-refractivity contribution in [1.29, 1.82) is 0 Å². The molecule has 1 aromatic heterocycles. The third-order valence-corrected chi connectivity index (χ3v) is 2.76. The molecule has 20 heavy (non-hydrogen) atoms. The molecule has 0 aromatic carbocycles. The first kappa shape index (κ1) is 15.9. The van der Waals surface area contributed by atoms with Crippen LogP contribution in [0.4, 0.5) is 10.5 Å². The van der Waals surface area contributed by atoms with Crippen LogP contribution in [0.25, 0.3) is 0 Å². The number of carboxylic acid groups (broad SMARTS) is 1. The fourth-order valence-corrected chi connectivity index (χ4v) is 1.73. The van der Waals surface area contributed by atoms with Gasteiger partial charge in [0, 0.05) is 19.3 Å². The van der Waals surface area contributed by atoms with Crippen molar-refractivity contribution < 1.29 is 23.1 Å². The van der Waals surface area contributed by atoms with Crippen molar-refractivity contribution in [2.75, 3.05) is 24.7 Å². The number of nitrogens with zero attached hydrogens (tertiary/aromatic N) is 1. The van der Waals surface area contributed by atoms with Gasteiger partial charge in [-0.25, -0.2) is 27.7 Å². The van der Waals surface area contributed by atoms with Crippen molar-refractivity contribution in [3.63, 3.8) is 0 Å². The molecule has 0 saturated carbocycles. The Morgan fingerprint density at radius 2 is 2.05 bits per heavy atom. The molecule has 2 amide bonds. The second-order valence-corrected chi connectivity index (χ2v) is 5.59. The molecule has 0 unspecified atom stereocenters. The highest BCUT2D eigenvalue weighted by molar-refractivity contribution is 7.88. The minimum absolute atomic E-state index is 0.0328. The van der Waals surface area contributed by atoms with Gasteiger partial charge in [0.15, 0.2) is 5.69 Å². The van der Waals surface area contributed by atoms with Gasteiger partial charge < -0.3 is 15.7 Å². The number of hydrogen-bond donors (Lipinski definition) is 4. The zero-order chi connectivity index (χ0) is 15.2. The van der Waals surface area contributed by atoms with E-state index in [1.54, 1.807) is 0 Å². The van der Waals surface area contributed by atoms with Gasteiger partial charge in [-0.05, 0) is 12.1 Å². The Morgan fingerprint density at radius 1 is 1.35 bits per heavy atom. The summed E-state index contributed by atoms with van der Waals surface area (Å²) in [6, 6.07) is 2.22. The van der Waals surface area contributed by atoms with Crippen molar-refractivity contribution in [2.45, 2.75) is 0 Å². The lowest BCUT2D eigenvalue weighted by molar-refractivity contribution is 0.0691. The van der Waals surface area contributed by atoms with Crippen LogP contribution in [0.3, 0.4) is 0 Å². The molecule has 1 aromatic rings. The van der Waals surface area contributed by atoms with Crippen molar-refractivity contribution in [2.24, 2.45) is 0 Å². The second-order valence-electron chi connectivity index (χ2n) is 3.75. The molecule has 1 heterocycles. The maximum Gasteiger partial charge on any atom is 0.356 e. The van der Waals surface area contributed by atoms with Crippen LogP contribution in [0.15, 0.2) is 18.3 Å². The second kappa shape index (κ2) is 6.82. The average molecular weight is 302 g/mol. The highest BCUT2D eigenvalue weighted by Gasteiger charge is 2.12. The number of carbonyl (C=O) groups is 2. The molecule has 0 radical (unpaired) electrons. The number of hydrogen-bond acceptors (Lipinski definition) is 5. The zero-order valence-corrected chi connectivity index (χ0v) is 11.4. The third kappa shape index (κ3) is 5.63. The number of amides is 2. The number of urea groups is 1. The lowest BCUT2D eigenvalue weighted by atomic mass is 10.3. The predicted octanol–water partition coefficient (Wildman–Crippen LogP) is -0.549. The fourth-order valence-electron chi connectivity index (χ4n) is 1.26. The van der Waals surface area contributed by atoms with E-state index in [2.05, 4.69) is 20.3 Å². The Balaban J connectivity index is 2.49. The summed E-state index contributed by atoms with van der Waals surface area (Å²) in [4.78, 5) is 26.0. The average Bonchev–Trinajstić information content (AvgIpc) is 2.34. The number of sulfonamides is 1. The lowest BCUT2D eigenvalue weighted by Crippen LogP contribution is -2.36. The van der Waals surface area contributed by atoms with Gasteiger partial charge in [0.2, 0.25) is 10.0 Å². The van der Waals surface area contributed by atoms with Gasteiger partial charge >= 0.3 is 12.0 Å². The maximum atomic E-state index is 11.5. The Labute approximate surface area is 115 Å². The summed E-state index contributed by atoms with van der Waals surface area (Å²) in [6.07, 6.45) is 2.30. The number of aromatic carboxylic acids is 1. The molecule has 0 aliphatic heterocycles. The van der Waals surface area contributed by atoms with E-state index in [-0.39, 0.29) is 24.5 Å². The molecule has 0 spiro atoms. The minimum Gasteiger partial charge on any atom is -0.476 e. The molecule has 0 saturated heterocycles. The van der Waals surface area contributed by atoms with E-state index < -0.39 is 22.0 Å². The third-order valence-electron chi connectivity index (χ3n) is 2.03. The van der Waals surface area contributed by atoms with Gasteiger partial charge in [0.1, 0.15) is 0 Å². The standard InChI is InChI=1S/C10H14N4O5S/c1-20(18,19)13-6-5-12-10(17)14-7-3-2-4-11-8(7)9(15)16/h2-4,13H,5-6H2,1H3,(H,15,16)(H2,12,14,17). The Bertz CT molecular complexity index is 601. The molecule has 10 heteroatoms. The van der Waals surface area contributed by atoms with E-state index in [1.807, 2.05) is 0 Å². The Hall–Kier alpha value is -2.20. The Morgan fingerprint density at radius 3 is 2.65 bits per heavy atom. The molecule has 1 rings (SSSR count). The van der Waals surface area contributed by atoms with E-state index in [9.17, 15) is 18.0 Å². The summed E-state index contributed by atoms with van der Waals surface area (Å²) in [5.41, 5.74) is -0.231. The van der Waals surface area contributed by atoms with Gasteiger partial charge in [-0.15, -0.1) is 0 Å². The van der Waals surface area contributed by atoms with Gasteiger partial charge in [-0.3, -0.25) is 0 Å². The van der Waals surface area contributed by atoms with Crippen molar-refractivity contribution >= 4 is 27.7 Å². The van der Waals surface area contributed by atoms with E-state index in [1.165, 1.54) is 18.3 Å². The highest BCUT2D eigenvalue weighted by atomic mass is 32.2. The van der Waals surface area contributed by atoms with Crippen LogP contribution in [-0.2, 0) is 10.0 Å². The van der Waals surface area contributed by atoms with Crippen molar-refractivity contribution in [1.82, 2.24) is 15.0 Å². The first-order valence-electron chi connectivity index (χ1n) is 5.47. The molecule has 0 aliphatic carbocycles. The van der Waals surface area contributed by atoms with E-state index >= 15 is 0 Å². The highest BCUT2D eigenvalue weighted by Crippen LogP contribution is 2.11. The number of rotatable bonds is 6. The smallest absolute Gasteiger partial charge is 0.356 e. The molecule has 0 atom stereocenters. The number of carbonyl (C=O) groups excluding carboxylic acids is 1. The van der Waals surface area contributed by atoms with Crippen LogP contribution in [0.1, 0.15) is 10.5 Å². The molecule has 4 N–H and O–H groups in total. The number of carboxylic acids is 1. The summed E-state index contributed by atoms with van der Waals surface area (Å²) in [5.74, 6) is -1.26. The van der Waals surface area contributed by atoms with Gasteiger partial charge in [-0.1, -0.05) is 0 Å². The number of anilines is 1. The van der Waals surface area contributed by atoms with Crippen LogP contribution < -0.4 is 15.4 Å². The first-order chi connectivity index (χ1) is 9.29. The van der Waals surface area contributed by atoms with Gasteiger partial charge in [0.25, 0.3) is 0 Å². The zero-order valence-electron chi connectivity index (χ0n) is 10.6. The lowest BCUT2D eigenvalue weighted by Gasteiger charge is -2.09. The maximum absolute atomic E-state index is 11.5. The molecule has 0 fully saturated rings. The summed E-state index contributed by atoms with van der Waals surface area (Å²) in [6.45, 7) is 0.0899. The summed E-state index contributed by atoms with van der Waals surface area (Å²) in [7, 11) is -3.31. The topological polar surface area (TPSA) is 137 Å². The summed E-state index contributed by atoms with van der Waals surface area (Å²) in [5, 5.41) is 13.6. The van der Waals surface area contributed by atoms with E-state index in [0.717, 1.165) is 6.26 Å². The normalized spacial score (nSPS) is 10.8. The summed E-state index contributed by atoms with van der Waals surface area (Å²) < 4.78 is 23.7. The van der Waals surface area contributed by atoms with Gasteiger partial charge in [-0.2, -0.15) is 0 Å². The molecule has 9 nitrogen and oxygen atoms in total. The van der Waals surface area contributed by atoms with E-state index in [0.29, 0.717) is 0 Å². The van der Waals surface area contributed by atoms with E-state index in [4.69, 9.17) is 5.11 Å². The van der Waals surface area contributed by atoms with Crippen molar-refractivity contribution in [3.05, 3.63) is 24.0 Å². The summed E-state index contributed by atoms with van der Waals surface area (Å²) >= 11 is 0. The van der Waals surface area contributed by atoms with Crippen molar-refractivity contribution in [3.8, 4) is 0 Å². The van der Waals surface area contributed by atoms with Crippen LogP contribution in [-0.4, -0.2) is 49.9 Å². The molecular weight excluding hydrogens is 288 g/mol. The number of pyridine rings is 1. The number of nitrogens with one attached hydrogen (secondary N) is 3. The number of aromatic nitrogens is 1. The fraction of sp³-hybridized carbons (Fsp3) is 0.300. The quantitative estimate of drug-likeness (QED) is 0.520. The Kier molecular flexibility index (Phi) is 5.41. The first-order valence-corrected chi connectivity index (χ1v) is 7.36. The van der Waals surface area contributed by atoms with Crippen LogP contribution in [0, 0.1) is 0 Å². The largest absolute Gasteiger partial charge is 0.476 e. The van der Waals surface area contributed by atoms with Crippen LogP contribution >= 0.6 is 0 Å². The van der Waals surface area contributed by atoms with Gasteiger partial charge in [0.05, 0.1) is 11.9 Å².